The summed E-state index contributed by atoms with van der Waals surface area (Å²) in [7, 11) is 2.81. The minimum absolute atomic E-state index is 0.0194. The van der Waals surface area contributed by atoms with E-state index >= 15 is 0 Å². The van der Waals surface area contributed by atoms with Gasteiger partial charge in [0.2, 0.25) is 0 Å². The predicted molar refractivity (Wildman–Crippen MR) is 114 cm³/mol. The van der Waals surface area contributed by atoms with Crippen LogP contribution in [0.1, 0.15) is 5.56 Å². The van der Waals surface area contributed by atoms with Crippen LogP contribution in [0.5, 0.6) is 0 Å². The molecule has 0 aliphatic rings. The molecule has 0 fully saturated rings. The standard InChI is InChI=1S/C18H12ClN5O5S/c1-21-14-13(16(26)22(2)18(21)27)23-15(25)12(30-17(23)20-14)8-10(19)7-9-3-5-11(6-4-9)24(28)29/h3-8H,1-2H3. The molecule has 0 atom stereocenters. The summed E-state index contributed by atoms with van der Waals surface area (Å²) in [5.74, 6) is 0. The molecule has 30 heavy (non-hydrogen) atoms. The molecule has 4 aromatic rings. The van der Waals surface area contributed by atoms with E-state index in [9.17, 15) is 24.5 Å². The van der Waals surface area contributed by atoms with Crippen molar-refractivity contribution in [2.45, 2.75) is 0 Å². The lowest BCUT2D eigenvalue weighted by molar-refractivity contribution is -0.384. The number of rotatable bonds is 3. The number of aromatic nitrogens is 4. The Hall–Kier alpha value is -3.57. The van der Waals surface area contributed by atoms with Gasteiger partial charge in [0.05, 0.1) is 9.46 Å². The van der Waals surface area contributed by atoms with Gasteiger partial charge < -0.3 is 0 Å². The van der Waals surface area contributed by atoms with E-state index in [1.807, 2.05) is 0 Å². The first-order chi connectivity index (χ1) is 14.2. The summed E-state index contributed by atoms with van der Waals surface area (Å²) in [6.07, 6.45) is 2.98. The van der Waals surface area contributed by atoms with Crippen LogP contribution < -0.4 is 21.3 Å². The average Bonchev–Trinajstić information content (AvgIpc) is 3.22. The molecule has 152 valence electrons. The SMILES string of the molecule is Cn1c(=O)c2c(nc3sc(=CC(Cl)=Cc4ccc([N+](=O)[O-])cc4)c(=O)n32)n(C)c1=O. The Morgan fingerprint density at radius 3 is 2.43 bits per heavy atom. The Morgan fingerprint density at radius 1 is 1.13 bits per heavy atom. The average molecular weight is 446 g/mol. The van der Waals surface area contributed by atoms with Gasteiger partial charge in [-0.05, 0) is 29.8 Å². The fourth-order valence-corrected chi connectivity index (χ4v) is 4.25. The first-order valence-corrected chi connectivity index (χ1v) is 9.63. The van der Waals surface area contributed by atoms with Crippen LogP contribution in [0.4, 0.5) is 5.69 Å². The third-order valence-electron chi connectivity index (χ3n) is 4.52. The fourth-order valence-electron chi connectivity index (χ4n) is 2.99. The van der Waals surface area contributed by atoms with Crippen molar-refractivity contribution in [2.24, 2.45) is 14.1 Å². The number of benzene rings is 1. The maximum absolute atomic E-state index is 12.9. The molecule has 3 heterocycles. The van der Waals surface area contributed by atoms with E-state index in [2.05, 4.69) is 4.98 Å². The van der Waals surface area contributed by atoms with Crippen molar-refractivity contribution < 1.29 is 4.92 Å². The second-order valence-corrected chi connectivity index (χ2v) is 7.85. The normalized spacial score (nSPS) is 12.9. The van der Waals surface area contributed by atoms with Crippen molar-refractivity contribution in [3.8, 4) is 0 Å². The van der Waals surface area contributed by atoms with Gasteiger partial charge in [0.1, 0.15) is 0 Å². The highest BCUT2D eigenvalue weighted by molar-refractivity contribution is 7.15. The molecule has 1 aromatic carbocycles. The summed E-state index contributed by atoms with van der Waals surface area (Å²) >= 11 is 7.27. The molecule has 0 radical (unpaired) electrons. The summed E-state index contributed by atoms with van der Waals surface area (Å²) in [5.41, 5.74) is -0.914. The quantitative estimate of drug-likeness (QED) is 0.342. The second kappa shape index (κ2) is 7.04. The number of hydrogen-bond donors (Lipinski definition) is 0. The van der Waals surface area contributed by atoms with Crippen LogP contribution in [0.25, 0.3) is 28.3 Å². The van der Waals surface area contributed by atoms with E-state index in [1.165, 1.54) is 53.4 Å². The topological polar surface area (TPSA) is 122 Å². The number of allylic oxidation sites excluding steroid dienone is 1. The van der Waals surface area contributed by atoms with Crippen molar-refractivity contribution in [2.75, 3.05) is 0 Å². The molecule has 0 amide bonds. The van der Waals surface area contributed by atoms with E-state index in [0.717, 1.165) is 15.9 Å². The number of nitro benzene ring substituents is 1. The molecule has 4 rings (SSSR count). The molecule has 0 N–H and O–H groups in total. The number of nitro groups is 1. The number of nitrogens with zero attached hydrogens (tertiary/aromatic N) is 5. The Kier molecular flexibility index (Phi) is 4.63. The first kappa shape index (κ1) is 19.7. The highest BCUT2D eigenvalue weighted by Crippen LogP contribution is 2.17. The number of imidazole rings is 1. The lowest BCUT2D eigenvalue weighted by Crippen LogP contribution is -2.38. The van der Waals surface area contributed by atoms with Crippen molar-refractivity contribution in [1.29, 1.82) is 0 Å². The molecule has 0 aliphatic carbocycles. The molecule has 12 heteroatoms. The summed E-state index contributed by atoms with van der Waals surface area (Å²) in [4.78, 5) is 52.2. The van der Waals surface area contributed by atoms with E-state index < -0.39 is 21.7 Å². The van der Waals surface area contributed by atoms with E-state index in [-0.39, 0.29) is 31.4 Å². The van der Waals surface area contributed by atoms with E-state index in [1.54, 1.807) is 6.08 Å². The minimum atomic E-state index is -0.616. The van der Waals surface area contributed by atoms with Gasteiger partial charge in [0, 0.05) is 31.3 Å². The summed E-state index contributed by atoms with van der Waals surface area (Å²) < 4.78 is 3.54. The van der Waals surface area contributed by atoms with Crippen LogP contribution >= 0.6 is 22.9 Å². The van der Waals surface area contributed by atoms with Gasteiger partial charge >= 0.3 is 5.69 Å². The van der Waals surface area contributed by atoms with Crippen molar-refractivity contribution in [3.63, 3.8) is 0 Å². The molecule has 10 nitrogen and oxygen atoms in total. The molecule has 0 bridgehead atoms. The maximum Gasteiger partial charge on any atom is 0.332 e. The molecule has 3 aromatic heterocycles. The first-order valence-electron chi connectivity index (χ1n) is 8.43. The summed E-state index contributed by atoms with van der Waals surface area (Å²) in [6.45, 7) is 0. The van der Waals surface area contributed by atoms with Crippen molar-refractivity contribution in [1.82, 2.24) is 18.5 Å². The van der Waals surface area contributed by atoms with E-state index in [0.29, 0.717) is 5.56 Å². The smallest absolute Gasteiger partial charge is 0.279 e. The Bertz CT molecular complexity index is 1610. The lowest BCUT2D eigenvalue weighted by Gasteiger charge is -2.01. The van der Waals surface area contributed by atoms with Gasteiger partial charge in [-0.15, -0.1) is 0 Å². The van der Waals surface area contributed by atoms with Gasteiger partial charge in [-0.1, -0.05) is 22.9 Å². The van der Waals surface area contributed by atoms with Crippen LogP contribution in [0.15, 0.2) is 43.7 Å². The Balaban J connectivity index is 1.87. The third-order valence-corrected chi connectivity index (χ3v) is 5.71. The zero-order valence-electron chi connectivity index (χ0n) is 15.5. The van der Waals surface area contributed by atoms with E-state index in [4.69, 9.17) is 11.6 Å². The highest BCUT2D eigenvalue weighted by Gasteiger charge is 2.18. The molecular formula is C18H12ClN5O5S. The molecule has 0 saturated heterocycles. The third kappa shape index (κ3) is 3.04. The zero-order chi connectivity index (χ0) is 21.7. The molecular weight excluding hydrogens is 434 g/mol. The van der Waals surface area contributed by atoms with Gasteiger partial charge in [0.15, 0.2) is 16.1 Å². The molecule has 0 saturated carbocycles. The summed E-state index contributed by atoms with van der Waals surface area (Å²) in [5, 5.41) is 10.9. The number of hydrogen-bond acceptors (Lipinski definition) is 7. The number of fused-ring (bicyclic) bond motifs is 3. The summed E-state index contributed by atoms with van der Waals surface area (Å²) in [6, 6.07) is 5.76. The van der Waals surface area contributed by atoms with Crippen LogP contribution in [0, 0.1) is 10.1 Å². The Morgan fingerprint density at radius 2 is 1.80 bits per heavy atom. The monoisotopic (exact) mass is 445 g/mol. The molecule has 0 spiro atoms. The van der Waals surface area contributed by atoms with Crippen LogP contribution in [0.2, 0.25) is 0 Å². The highest BCUT2D eigenvalue weighted by atomic mass is 35.5. The number of thiazole rings is 1. The van der Waals surface area contributed by atoms with Gasteiger partial charge in [0.25, 0.3) is 16.8 Å². The fraction of sp³-hybridized carbons (Fsp3) is 0.111. The predicted octanol–water partition coefficient (Wildman–Crippen LogP) is 0.994. The molecule has 0 aliphatic heterocycles. The van der Waals surface area contributed by atoms with Crippen LogP contribution in [-0.4, -0.2) is 23.4 Å². The largest absolute Gasteiger partial charge is 0.332 e. The van der Waals surface area contributed by atoms with Crippen molar-refractivity contribution in [3.05, 3.63) is 80.7 Å². The van der Waals surface area contributed by atoms with Crippen LogP contribution in [0.3, 0.4) is 0 Å². The number of halogens is 1. The van der Waals surface area contributed by atoms with Gasteiger partial charge in [-0.2, -0.15) is 4.98 Å². The number of non-ortho nitro benzene ring substituents is 1. The second-order valence-electron chi connectivity index (χ2n) is 6.40. The van der Waals surface area contributed by atoms with Gasteiger partial charge in [-0.3, -0.25) is 28.8 Å². The lowest BCUT2D eigenvalue weighted by atomic mass is 10.2. The zero-order valence-corrected chi connectivity index (χ0v) is 17.1. The molecule has 0 unspecified atom stereocenters. The van der Waals surface area contributed by atoms with Crippen LogP contribution in [-0.2, 0) is 14.1 Å². The minimum Gasteiger partial charge on any atom is -0.279 e. The Labute approximate surface area is 175 Å². The number of aryl methyl sites for hydroxylation is 1. The van der Waals surface area contributed by atoms with Gasteiger partial charge in [-0.25, -0.2) is 9.20 Å². The maximum atomic E-state index is 12.9. The van der Waals surface area contributed by atoms with Crippen molar-refractivity contribution >= 4 is 56.9 Å².